The highest BCUT2D eigenvalue weighted by Crippen LogP contribution is 2.48. The smallest absolute Gasteiger partial charge is 0.123 e. The van der Waals surface area contributed by atoms with Crippen LogP contribution in [0.15, 0.2) is 24.3 Å². The third-order valence-electron chi connectivity index (χ3n) is 3.95. The van der Waals surface area contributed by atoms with E-state index in [0.29, 0.717) is 11.5 Å². The summed E-state index contributed by atoms with van der Waals surface area (Å²) < 4.78 is 12.8. The number of benzene rings is 1. The number of rotatable bonds is 4. The Kier molecular flexibility index (Phi) is 3.02. The van der Waals surface area contributed by atoms with Gasteiger partial charge in [0, 0.05) is 12.1 Å². The lowest BCUT2D eigenvalue weighted by atomic mass is 9.98. The molecule has 16 heavy (non-hydrogen) atoms. The van der Waals surface area contributed by atoms with Gasteiger partial charge in [0.1, 0.15) is 5.82 Å². The molecule has 1 N–H and O–H groups in total. The van der Waals surface area contributed by atoms with E-state index < -0.39 is 0 Å². The molecule has 1 aliphatic carbocycles. The van der Waals surface area contributed by atoms with Crippen molar-refractivity contribution in [2.45, 2.75) is 45.7 Å². The first kappa shape index (κ1) is 11.6. The topological polar surface area (TPSA) is 12.0 Å². The van der Waals surface area contributed by atoms with Crippen LogP contribution in [0.4, 0.5) is 4.39 Å². The largest absolute Gasteiger partial charge is 0.307 e. The van der Waals surface area contributed by atoms with E-state index >= 15 is 0 Å². The Morgan fingerprint density at radius 2 is 1.75 bits per heavy atom. The van der Waals surface area contributed by atoms with Crippen LogP contribution in [0.5, 0.6) is 0 Å². The van der Waals surface area contributed by atoms with Crippen molar-refractivity contribution >= 4 is 0 Å². The maximum atomic E-state index is 12.8. The van der Waals surface area contributed by atoms with Gasteiger partial charge in [0.05, 0.1) is 0 Å². The van der Waals surface area contributed by atoms with Crippen LogP contribution < -0.4 is 5.32 Å². The van der Waals surface area contributed by atoms with Crippen LogP contribution in [0.2, 0.25) is 0 Å². The molecule has 1 aromatic rings. The second-order valence-corrected chi connectivity index (χ2v) is 5.32. The fourth-order valence-corrected chi connectivity index (χ4v) is 2.05. The molecule has 2 rings (SSSR count). The van der Waals surface area contributed by atoms with Gasteiger partial charge in [0.2, 0.25) is 0 Å². The Morgan fingerprint density at radius 3 is 2.25 bits per heavy atom. The monoisotopic (exact) mass is 221 g/mol. The lowest BCUT2D eigenvalue weighted by molar-refractivity contribution is 0.350. The minimum absolute atomic E-state index is 0.168. The first-order valence-corrected chi connectivity index (χ1v) is 6.03. The second-order valence-electron chi connectivity index (χ2n) is 5.32. The van der Waals surface area contributed by atoms with Gasteiger partial charge in [-0.25, -0.2) is 4.39 Å². The van der Waals surface area contributed by atoms with Gasteiger partial charge < -0.3 is 5.32 Å². The number of nitrogens with one attached hydrogen (secondary N) is 1. The molecule has 0 aliphatic heterocycles. The molecule has 1 aliphatic rings. The number of halogens is 1. The fraction of sp³-hybridized carbons (Fsp3) is 0.571. The Morgan fingerprint density at radius 1 is 1.19 bits per heavy atom. The summed E-state index contributed by atoms with van der Waals surface area (Å²) in [6.07, 6.45) is 2.63. The molecular formula is C14H20FN. The first-order valence-electron chi connectivity index (χ1n) is 6.03. The van der Waals surface area contributed by atoms with Gasteiger partial charge >= 0.3 is 0 Å². The predicted molar refractivity (Wildman–Crippen MR) is 64.8 cm³/mol. The minimum Gasteiger partial charge on any atom is -0.307 e. The van der Waals surface area contributed by atoms with Crippen molar-refractivity contribution in [1.29, 1.82) is 0 Å². The average molecular weight is 221 g/mol. The summed E-state index contributed by atoms with van der Waals surface area (Å²) in [6, 6.07) is 7.57. The van der Waals surface area contributed by atoms with Crippen LogP contribution in [0, 0.1) is 11.2 Å². The van der Waals surface area contributed by atoms with E-state index in [9.17, 15) is 4.39 Å². The third kappa shape index (κ3) is 2.43. The Hall–Kier alpha value is -0.890. The zero-order valence-corrected chi connectivity index (χ0v) is 10.3. The van der Waals surface area contributed by atoms with Gasteiger partial charge in [-0.15, -0.1) is 0 Å². The van der Waals surface area contributed by atoms with E-state index in [0.717, 1.165) is 5.56 Å². The molecule has 1 saturated carbocycles. The average Bonchev–Trinajstić information content (AvgIpc) is 2.99. The maximum absolute atomic E-state index is 12.8. The van der Waals surface area contributed by atoms with Crippen molar-refractivity contribution in [3.05, 3.63) is 35.6 Å². The molecule has 2 atom stereocenters. The SMILES string of the molecule is CC(NC(C)C1(C)CC1)c1ccc(F)cc1. The van der Waals surface area contributed by atoms with Crippen molar-refractivity contribution < 1.29 is 4.39 Å². The van der Waals surface area contributed by atoms with Crippen LogP contribution in [0.1, 0.15) is 45.2 Å². The van der Waals surface area contributed by atoms with E-state index in [1.807, 2.05) is 12.1 Å². The van der Waals surface area contributed by atoms with E-state index in [2.05, 4.69) is 26.1 Å². The summed E-state index contributed by atoms with van der Waals surface area (Å²) in [5.41, 5.74) is 1.63. The highest BCUT2D eigenvalue weighted by Gasteiger charge is 2.42. The van der Waals surface area contributed by atoms with Crippen molar-refractivity contribution in [2.24, 2.45) is 5.41 Å². The maximum Gasteiger partial charge on any atom is 0.123 e. The van der Waals surface area contributed by atoms with E-state index in [-0.39, 0.29) is 11.9 Å². The van der Waals surface area contributed by atoms with E-state index in [4.69, 9.17) is 0 Å². The zero-order valence-electron chi connectivity index (χ0n) is 10.3. The normalized spacial score (nSPS) is 21.5. The molecule has 88 valence electrons. The highest BCUT2D eigenvalue weighted by atomic mass is 19.1. The lowest BCUT2D eigenvalue weighted by Crippen LogP contribution is -2.35. The quantitative estimate of drug-likeness (QED) is 0.818. The van der Waals surface area contributed by atoms with Crippen LogP contribution in [0.3, 0.4) is 0 Å². The van der Waals surface area contributed by atoms with Gasteiger partial charge in [-0.3, -0.25) is 0 Å². The first-order chi connectivity index (χ1) is 7.51. The molecule has 0 aromatic heterocycles. The van der Waals surface area contributed by atoms with Gasteiger partial charge in [-0.2, -0.15) is 0 Å². The van der Waals surface area contributed by atoms with Crippen molar-refractivity contribution in [3.8, 4) is 0 Å². The molecule has 2 heteroatoms. The van der Waals surface area contributed by atoms with Crippen LogP contribution in [-0.2, 0) is 0 Å². The molecule has 1 nitrogen and oxygen atoms in total. The summed E-state index contributed by atoms with van der Waals surface area (Å²) in [6.45, 7) is 6.70. The van der Waals surface area contributed by atoms with Gasteiger partial charge in [0.15, 0.2) is 0 Å². The predicted octanol–water partition coefficient (Wildman–Crippen LogP) is 3.66. The van der Waals surface area contributed by atoms with E-state index in [1.165, 1.54) is 25.0 Å². The molecular weight excluding hydrogens is 201 g/mol. The van der Waals surface area contributed by atoms with E-state index in [1.54, 1.807) is 0 Å². The molecule has 0 amide bonds. The molecule has 0 spiro atoms. The minimum atomic E-state index is -0.168. The fourth-order valence-electron chi connectivity index (χ4n) is 2.05. The Balaban J connectivity index is 1.97. The van der Waals surface area contributed by atoms with Crippen molar-refractivity contribution in [2.75, 3.05) is 0 Å². The standard InChI is InChI=1S/C14H20FN/c1-10(12-4-6-13(15)7-5-12)16-11(2)14(3)8-9-14/h4-7,10-11,16H,8-9H2,1-3H3. The number of hydrogen-bond donors (Lipinski definition) is 1. The second kappa shape index (κ2) is 4.17. The van der Waals surface area contributed by atoms with Crippen LogP contribution in [0.25, 0.3) is 0 Å². The van der Waals surface area contributed by atoms with Crippen LogP contribution >= 0.6 is 0 Å². The Labute approximate surface area is 97.1 Å². The van der Waals surface area contributed by atoms with Crippen molar-refractivity contribution in [1.82, 2.24) is 5.32 Å². The van der Waals surface area contributed by atoms with Crippen molar-refractivity contribution in [3.63, 3.8) is 0 Å². The molecule has 2 unspecified atom stereocenters. The molecule has 0 heterocycles. The highest BCUT2D eigenvalue weighted by molar-refractivity contribution is 5.19. The molecule has 0 saturated heterocycles. The summed E-state index contributed by atoms with van der Waals surface area (Å²) in [5, 5.41) is 3.60. The Bertz CT molecular complexity index is 354. The summed E-state index contributed by atoms with van der Waals surface area (Å²) >= 11 is 0. The lowest BCUT2D eigenvalue weighted by Gasteiger charge is -2.25. The summed E-state index contributed by atoms with van der Waals surface area (Å²) in [7, 11) is 0. The van der Waals surface area contributed by atoms with Gasteiger partial charge in [-0.05, 0) is 49.8 Å². The van der Waals surface area contributed by atoms with Crippen LogP contribution in [-0.4, -0.2) is 6.04 Å². The number of hydrogen-bond acceptors (Lipinski definition) is 1. The summed E-state index contributed by atoms with van der Waals surface area (Å²) in [5.74, 6) is -0.168. The third-order valence-corrected chi connectivity index (χ3v) is 3.95. The summed E-state index contributed by atoms with van der Waals surface area (Å²) in [4.78, 5) is 0. The molecule has 0 bridgehead atoms. The molecule has 0 radical (unpaired) electrons. The zero-order chi connectivity index (χ0) is 11.8. The molecule has 1 aromatic carbocycles. The van der Waals surface area contributed by atoms with Gasteiger partial charge in [0.25, 0.3) is 0 Å². The van der Waals surface area contributed by atoms with Gasteiger partial charge in [-0.1, -0.05) is 19.1 Å². The molecule has 1 fully saturated rings.